The molecule has 0 amide bonds. The average Bonchev–Trinajstić information content (AvgIpc) is 2.78. The summed E-state index contributed by atoms with van der Waals surface area (Å²) in [6, 6.07) is 6.47. The van der Waals surface area contributed by atoms with Gasteiger partial charge in [0.2, 0.25) is 0 Å². The van der Waals surface area contributed by atoms with Gasteiger partial charge >= 0.3 is 0 Å². The highest BCUT2D eigenvalue weighted by atomic mass is 19.1. The molecule has 0 unspecified atom stereocenters. The number of aryl methyl sites for hydroxylation is 1. The minimum absolute atomic E-state index is 0.0439. The van der Waals surface area contributed by atoms with Gasteiger partial charge in [0.1, 0.15) is 5.82 Å². The van der Waals surface area contributed by atoms with E-state index in [4.69, 9.17) is 0 Å². The van der Waals surface area contributed by atoms with Gasteiger partial charge in [-0.05, 0) is 25.0 Å². The Bertz CT molecular complexity index is 685. The lowest BCUT2D eigenvalue weighted by atomic mass is 9.90. The number of allylic oxidation sites excluding steroid dienone is 1. The molecule has 0 N–H and O–H groups in total. The second kappa shape index (κ2) is 4.46. The van der Waals surface area contributed by atoms with E-state index in [-0.39, 0.29) is 11.6 Å². The number of hydrogen-bond donors (Lipinski definition) is 0. The predicted molar refractivity (Wildman–Crippen MR) is 70.2 cm³/mol. The first-order valence-corrected chi connectivity index (χ1v) is 6.17. The molecule has 0 aliphatic heterocycles. The van der Waals surface area contributed by atoms with Crippen LogP contribution >= 0.6 is 0 Å². The first kappa shape index (κ1) is 11.8. The van der Waals surface area contributed by atoms with E-state index in [1.807, 2.05) is 7.05 Å². The summed E-state index contributed by atoms with van der Waals surface area (Å²) in [7, 11) is 1.83. The lowest BCUT2D eigenvalue weighted by Gasteiger charge is -2.14. The fourth-order valence-electron chi connectivity index (χ4n) is 2.41. The van der Waals surface area contributed by atoms with Crippen LogP contribution in [0, 0.1) is 5.82 Å². The van der Waals surface area contributed by atoms with Gasteiger partial charge in [0, 0.05) is 23.9 Å². The summed E-state index contributed by atoms with van der Waals surface area (Å²) in [5.41, 5.74) is 2.69. The zero-order valence-corrected chi connectivity index (χ0v) is 10.6. The molecule has 3 nitrogen and oxygen atoms in total. The largest absolute Gasteiger partial charge is 0.289 e. The third-order valence-corrected chi connectivity index (χ3v) is 3.46. The molecule has 1 aromatic heterocycles. The fourth-order valence-corrected chi connectivity index (χ4v) is 2.41. The van der Waals surface area contributed by atoms with Crippen LogP contribution in [0.25, 0.3) is 6.08 Å². The van der Waals surface area contributed by atoms with Crippen molar-refractivity contribution in [2.45, 2.75) is 12.8 Å². The lowest BCUT2D eigenvalue weighted by Crippen LogP contribution is -2.15. The minimum atomic E-state index is -0.306. The Morgan fingerprint density at radius 2 is 2.11 bits per heavy atom. The van der Waals surface area contributed by atoms with Crippen LogP contribution in [-0.2, 0) is 13.5 Å². The number of hydrogen-bond acceptors (Lipinski definition) is 2. The molecule has 1 heterocycles. The molecule has 19 heavy (non-hydrogen) atoms. The van der Waals surface area contributed by atoms with Gasteiger partial charge in [-0.1, -0.05) is 18.2 Å². The Kier molecular flexibility index (Phi) is 2.78. The summed E-state index contributed by atoms with van der Waals surface area (Å²) in [6.07, 6.45) is 4.62. The number of ketones is 1. The number of carbonyl (C=O) groups is 1. The normalized spacial score (nSPS) is 16.7. The molecular weight excluding hydrogens is 243 g/mol. The number of Topliss-reactive ketones (excluding diaryl/α,β-unsaturated/α-hetero) is 1. The summed E-state index contributed by atoms with van der Waals surface area (Å²) >= 11 is 0. The summed E-state index contributed by atoms with van der Waals surface area (Å²) in [5.74, 6) is -0.350. The zero-order valence-electron chi connectivity index (χ0n) is 10.6. The fraction of sp³-hybridized carbons (Fsp3) is 0.200. The second-order valence-corrected chi connectivity index (χ2v) is 4.65. The molecule has 1 aromatic carbocycles. The van der Waals surface area contributed by atoms with Crippen LogP contribution in [0.5, 0.6) is 0 Å². The van der Waals surface area contributed by atoms with E-state index in [9.17, 15) is 9.18 Å². The SMILES string of the molecule is Cn1ncc2c1CC/C(=C/c1ccccc1F)C2=O. The molecule has 1 aliphatic carbocycles. The quantitative estimate of drug-likeness (QED) is 0.735. The van der Waals surface area contributed by atoms with Gasteiger partial charge in [-0.15, -0.1) is 0 Å². The number of rotatable bonds is 1. The highest BCUT2D eigenvalue weighted by Crippen LogP contribution is 2.26. The highest BCUT2D eigenvalue weighted by molar-refractivity contribution is 6.12. The maximum absolute atomic E-state index is 13.6. The van der Waals surface area contributed by atoms with Gasteiger partial charge in [-0.3, -0.25) is 9.48 Å². The van der Waals surface area contributed by atoms with Crippen LogP contribution in [0.2, 0.25) is 0 Å². The number of benzene rings is 1. The minimum Gasteiger partial charge on any atom is -0.289 e. The van der Waals surface area contributed by atoms with Crippen molar-refractivity contribution < 1.29 is 9.18 Å². The topological polar surface area (TPSA) is 34.9 Å². The van der Waals surface area contributed by atoms with Crippen molar-refractivity contribution in [3.05, 3.63) is 58.7 Å². The van der Waals surface area contributed by atoms with Crippen molar-refractivity contribution in [1.82, 2.24) is 9.78 Å². The molecule has 1 aliphatic rings. The smallest absolute Gasteiger partial charge is 0.192 e. The van der Waals surface area contributed by atoms with E-state index in [0.29, 0.717) is 23.1 Å². The molecule has 0 saturated carbocycles. The molecule has 0 saturated heterocycles. The Morgan fingerprint density at radius 3 is 2.89 bits per heavy atom. The van der Waals surface area contributed by atoms with Crippen LogP contribution in [0.3, 0.4) is 0 Å². The average molecular weight is 256 g/mol. The first-order valence-electron chi connectivity index (χ1n) is 6.17. The van der Waals surface area contributed by atoms with Crippen LogP contribution in [0.4, 0.5) is 4.39 Å². The second-order valence-electron chi connectivity index (χ2n) is 4.65. The zero-order chi connectivity index (χ0) is 13.4. The first-order chi connectivity index (χ1) is 9.16. The molecule has 0 atom stereocenters. The summed E-state index contributed by atoms with van der Waals surface area (Å²) in [5, 5.41) is 4.10. The molecular formula is C15H13FN2O. The molecule has 0 radical (unpaired) electrons. The number of halogens is 1. The van der Waals surface area contributed by atoms with E-state index in [1.54, 1.807) is 35.2 Å². The van der Waals surface area contributed by atoms with Gasteiger partial charge in [0.05, 0.1) is 11.8 Å². The monoisotopic (exact) mass is 256 g/mol. The summed E-state index contributed by atoms with van der Waals surface area (Å²) in [6.45, 7) is 0. The third-order valence-electron chi connectivity index (χ3n) is 3.46. The molecule has 0 bridgehead atoms. The van der Waals surface area contributed by atoms with E-state index in [2.05, 4.69) is 5.10 Å². The Morgan fingerprint density at radius 1 is 1.32 bits per heavy atom. The number of carbonyl (C=O) groups excluding carboxylic acids is 1. The molecule has 0 spiro atoms. The van der Waals surface area contributed by atoms with Crippen molar-refractivity contribution in [1.29, 1.82) is 0 Å². The van der Waals surface area contributed by atoms with Gasteiger partial charge < -0.3 is 0 Å². The molecule has 2 aromatic rings. The van der Waals surface area contributed by atoms with Gasteiger partial charge in [0.15, 0.2) is 5.78 Å². The van der Waals surface area contributed by atoms with Crippen molar-refractivity contribution >= 4 is 11.9 Å². The van der Waals surface area contributed by atoms with Crippen LogP contribution < -0.4 is 0 Å². The van der Waals surface area contributed by atoms with Gasteiger partial charge in [0.25, 0.3) is 0 Å². The van der Waals surface area contributed by atoms with Gasteiger partial charge in [-0.25, -0.2) is 4.39 Å². The van der Waals surface area contributed by atoms with Crippen molar-refractivity contribution in [2.24, 2.45) is 7.05 Å². The molecule has 0 fully saturated rings. The number of fused-ring (bicyclic) bond motifs is 1. The van der Waals surface area contributed by atoms with Crippen LogP contribution in [0.1, 0.15) is 28.0 Å². The van der Waals surface area contributed by atoms with Crippen LogP contribution in [-0.4, -0.2) is 15.6 Å². The van der Waals surface area contributed by atoms with Crippen LogP contribution in [0.15, 0.2) is 36.0 Å². The van der Waals surface area contributed by atoms with Crippen molar-refractivity contribution in [2.75, 3.05) is 0 Å². The van der Waals surface area contributed by atoms with Gasteiger partial charge in [-0.2, -0.15) is 5.10 Å². The summed E-state index contributed by atoms with van der Waals surface area (Å²) in [4.78, 5) is 12.3. The van der Waals surface area contributed by atoms with E-state index in [1.165, 1.54) is 6.07 Å². The number of aromatic nitrogens is 2. The summed E-state index contributed by atoms with van der Waals surface area (Å²) < 4.78 is 15.3. The maximum Gasteiger partial charge on any atom is 0.192 e. The van der Waals surface area contributed by atoms with Crippen molar-refractivity contribution in [3.8, 4) is 0 Å². The van der Waals surface area contributed by atoms with E-state index in [0.717, 1.165) is 12.1 Å². The predicted octanol–water partition coefficient (Wildman–Crippen LogP) is 2.77. The Balaban J connectivity index is 2.01. The Labute approximate surface area is 110 Å². The maximum atomic E-state index is 13.6. The molecule has 3 rings (SSSR count). The van der Waals surface area contributed by atoms with Crippen molar-refractivity contribution in [3.63, 3.8) is 0 Å². The third kappa shape index (κ3) is 1.99. The lowest BCUT2D eigenvalue weighted by molar-refractivity contribution is 0.102. The Hall–Kier alpha value is -2.23. The number of nitrogens with zero attached hydrogens (tertiary/aromatic N) is 2. The highest BCUT2D eigenvalue weighted by Gasteiger charge is 2.25. The van der Waals surface area contributed by atoms with E-state index < -0.39 is 0 Å². The molecule has 96 valence electrons. The standard InChI is InChI=1S/C15H13FN2O/c1-18-14-7-6-11(15(19)12(14)9-17-18)8-10-4-2-3-5-13(10)16/h2-5,8-9H,6-7H2,1H3/b11-8-. The van der Waals surface area contributed by atoms with E-state index >= 15 is 0 Å². The molecule has 4 heteroatoms.